The van der Waals surface area contributed by atoms with Gasteiger partial charge < -0.3 is 14.5 Å². The number of nitrogens with zero attached hydrogens (tertiary/aromatic N) is 3. The zero-order chi connectivity index (χ0) is 24.9. The van der Waals surface area contributed by atoms with Crippen LogP contribution in [-0.4, -0.2) is 63.2 Å². The number of carbonyl (C=O) groups excluding carboxylic acids is 2. The second-order valence-electron chi connectivity index (χ2n) is 8.31. The first-order valence-electron chi connectivity index (χ1n) is 11.4. The second-order valence-corrected chi connectivity index (χ2v) is 8.65. The van der Waals surface area contributed by atoms with Crippen molar-refractivity contribution >= 4 is 40.0 Å². The van der Waals surface area contributed by atoms with Crippen molar-refractivity contribution in [3.05, 3.63) is 75.5 Å². The average molecular weight is 497 g/mol. The summed E-state index contributed by atoms with van der Waals surface area (Å²) in [5.41, 5.74) is 1.02. The van der Waals surface area contributed by atoms with Gasteiger partial charge in [0.1, 0.15) is 5.82 Å². The van der Waals surface area contributed by atoms with Crippen LogP contribution in [0, 0.1) is 5.82 Å². The Hall–Kier alpha value is -3.66. The average Bonchev–Trinajstić information content (AvgIpc) is 2.87. The van der Waals surface area contributed by atoms with E-state index in [-0.39, 0.29) is 22.3 Å². The standard InChI is InChI=1S/C25H25FN4O4S/c1-2-5-22(31)34-25(35)30-12-10-29(11-13-30)24(33)19-14-16(8-9-20(19)26)15-21-17-6-3-4-7-18(17)23(32)28-27-21/h3-4,6-9,14H,2,5,10-13,15H2,1H3,(H,28,32). The summed E-state index contributed by atoms with van der Waals surface area (Å²) in [6.07, 6.45) is 1.28. The quantitative estimate of drug-likeness (QED) is 0.429. The van der Waals surface area contributed by atoms with Crippen molar-refractivity contribution < 1.29 is 18.7 Å². The number of hydrogen-bond acceptors (Lipinski definition) is 6. The third-order valence-corrected chi connectivity index (χ3v) is 6.23. The molecule has 8 nitrogen and oxygen atoms in total. The Bertz CT molecular complexity index is 1330. The molecule has 35 heavy (non-hydrogen) atoms. The number of halogens is 1. The van der Waals surface area contributed by atoms with Crippen LogP contribution in [-0.2, 0) is 16.0 Å². The number of amides is 1. The third kappa shape index (κ3) is 5.54. The first-order valence-corrected chi connectivity index (χ1v) is 11.8. The zero-order valence-corrected chi connectivity index (χ0v) is 20.1. The molecule has 1 saturated heterocycles. The van der Waals surface area contributed by atoms with E-state index in [1.807, 2.05) is 19.1 Å². The van der Waals surface area contributed by atoms with Crippen molar-refractivity contribution in [3.8, 4) is 0 Å². The van der Waals surface area contributed by atoms with Crippen molar-refractivity contribution in [1.29, 1.82) is 0 Å². The summed E-state index contributed by atoms with van der Waals surface area (Å²) < 4.78 is 19.8. The van der Waals surface area contributed by atoms with Crippen LogP contribution >= 0.6 is 12.2 Å². The molecule has 0 bridgehead atoms. The largest absolute Gasteiger partial charge is 0.399 e. The van der Waals surface area contributed by atoms with Gasteiger partial charge in [0, 0.05) is 44.4 Å². The van der Waals surface area contributed by atoms with Crippen molar-refractivity contribution in [3.63, 3.8) is 0 Å². The zero-order valence-electron chi connectivity index (χ0n) is 19.3. The summed E-state index contributed by atoms with van der Waals surface area (Å²) in [5, 5.41) is 7.99. The third-order valence-electron chi connectivity index (χ3n) is 5.89. The molecule has 2 heterocycles. The number of carbonyl (C=O) groups is 2. The van der Waals surface area contributed by atoms with Crippen LogP contribution in [0.15, 0.2) is 47.3 Å². The Kier molecular flexibility index (Phi) is 7.50. The van der Waals surface area contributed by atoms with Gasteiger partial charge in [0.15, 0.2) is 0 Å². The summed E-state index contributed by atoms with van der Waals surface area (Å²) >= 11 is 5.20. The molecule has 2 aromatic carbocycles. The second kappa shape index (κ2) is 10.7. The molecular formula is C25H25FN4O4S. The number of hydrogen-bond donors (Lipinski definition) is 1. The van der Waals surface area contributed by atoms with Gasteiger partial charge in [-0.2, -0.15) is 5.10 Å². The Morgan fingerprint density at radius 1 is 1.09 bits per heavy atom. The molecule has 1 aromatic heterocycles. The predicted molar refractivity (Wildman–Crippen MR) is 133 cm³/mol. The first kappa shape index (κ1) is 24.5. The van der Waals surface area contributed by atoms with Crippen LogP contribution in [0.25, 0.3) is 10.8 Å². The minimum atomic E-state index is -0.607. The number of fused-ring (bicyclic) bond motifs is 1. The fraction of sp³-hybridized carbons (Fsp3) is 0.320. The van der Waals surface area contributed by atoms with Crippen LogP contribution in [0.5, 0.6) is 0 Å². The number of aromatic amines is 1. The maximum absolute atomic E-state index is 14.6. The van der Waals surface area contributed by atoms with Crippen LogP contribution in [0.1, 0.15) is 41.4 Å². The van der Waals surface area contributed by atoms with E-state index in [1.165, 1.54) is 12.1 Å². The van der Waals surface area contributed by atoms with Gasteiger partial charge in [-0.1, -0.05) is 31.2 Å². The van der Waals surface area contributed by atoms with E-state index in [1.54, 1.807) is 28.0 Å². The maximum atomic E-state index is 14.6. The monoisotopic (exact) mass is 496 g/mol. The summed E-state index contributed by atoms with van der Waals surface area (Å²) in [6, 6.07) is 11.5. The lowest BCUT2D eigenvalue weighted by Crippen LogP contribution is -2.51. The molecule has 3 aromatic rings. The number of thiocarbonyl (C=S) groups is 1. The predicted octanol–water partition coefficient (Wildman–Crippen LogP) is 3.04. The molecular weight excluding hydrogens is 471 g/mol. The Morgan fingerprint density at radius 3 is 2.49 bits per heavy atom. The normalized spacial score (nSPS) is 13.7. The molecule has 1 N–H and O–H groups in total. The van der Waals surface area contributed by atoms with E-state index in [9.17, 15) is 18.8 Å². The van der Waals surface area contributed by atoms with Crippen LogP contribution in [0.4, 0.5) is 4.39 Å². The van der Waals surface area contributed by atoms with E-state index >= 15 is 0 Å². The van der Waals surface area contributed by atoms with Crippen LogP contribution in [0.3, 0.4) is 0 Å². The molecule has 0 unspecified atom stereocenters. The molecule has 10 heteroatoms. The number of nitrogens with one attached hydrogen (secondary N) is 1. The van der Waals surface area contributed by atoms with Crippen LogP contribution < -0.4 is 5.56 Å². The molecule has 0 saturated carbocycles. The Balaban J connectivity index is 1.46. The topological polar surface area (TPSA) is 95.6 Å². The van der Waals surface area contributed by atoms with Crippen molar-refractivity contribution in [1.82, 2.24) is 20.0 Å². The highest BCUT2D eigenvalue weighted by atomic mass is 32.1. The summed E-state index contributed by atoms with van der Waals surface area (Å²) in [5.74, 6) is -1.40. The molecule has 1 aliphatic heterocycles. The van der Waals surface area contributed by atoms with Gasteiger partial charge in [0.05, 0.1) is 16.6 Å². The highest BCUT2D eigenvalue weighted by Crippen LogP contribution is 2.20. The molecule has 1 amide bonds. The number of H-pyrrole nitrogens is 1. The molecule has 4 rings (SSSR count). The number of benzene rings is 2. The van der Waals surface area contributed by atoms with Gasteiger partial charge in [-0.05, 0) is 42.4 Å². The van der Waals surface area contributed by atoms with Gasteiger partial charge >= 0.3 is 5.97 Å². The lowest BCUT2D eigenvalue weighted by atomic mass is 10.0. The van der Waals surface area contributed by atoms with E-state index in [0.29, 0.717) is 67.5 Å². The van der Waals surface area contributed by atoms with E-state index in [4.69, 9.17) is 17.0 Å². The maximum Gasteiger partial charge on any atom is 0.313 e. The molecule has 1 aliphatic rings. The number of aromatic nitrogens is 2. The van der Waals surface area contributed by atoms with Gasteiger partial charge in [0.25, 0.3) is 16.6 Å². The first-order chi connectivity index (χ1) is 16.9. The van der Waals surface area contributed by atoms with E-state index in [0.717, 1.165) is 0 Å². The molecule has 0 spiro atoms. The fourth-order valence-electron chi connectivity index (χ4n) is 4.03. The van der Waals surface area contributed by atoms with Gasteiger partial charge in [-0.15, -0.1) is 0 Å². The minimum Gasteiger partial charge on any atom is -0.399 e. The molecule has 0 radical (unpaired) electrons. The lowest BCUT2D eigenvalue weighted by Gasteiger charge is -2.35. The minimum absolute atomic E-state index is 0.0263. The lowest BCUT2D eigenvalue weighted by molar-refractivity contribution is -0.136. The molecule has 1 fully saturated rings. The SMILES string of the molecule is CCCC(=O)OC(=S)N1CCN(C(=O)c2cc(Cc3n[nH]c(=O)c4ccccc34)ccc2F)CC1. The number of piperazine rings is 1. The fourth-order valence-corrected chi connectivity index (χ4v) is 4.30. The highest BCUT2D eigenvalue weighted by molar-refractivity contribution is 7.80. The Labute approximate surface area is 206 Å². The summed E-state index contributed by atoms with van der Waals surface area (Å²) in [7, 11) is 0. The van der Waals surface area contributed by atoms with E-state index in [2.05, 4.69) is 10.2 Å². The molecule has 182 valence electrons. The van der Waals surface area contributed by atoms with Crippen molar-refractivity contribution in [2.45, 2.75) is 26.2 Å². The molecule has 0 aliphatic carbocycles. The van der Waals surface area contributed by atoms with Gasteiger partial charge in [-0.3, -0.25) is 14.4 Å². The number of esters is 1. The van der Waals surface area contributed by atoms with Gasteiger partial charge in [0.2, 0.25) is 0 Å². The number of ether oxygens (including phenoxy) is 1. The van der Waals surface area contributed by atoms with Crippen molar-refractivity contribution in [2.75, 3.05) is 26.2 Å². The number of rotatable bonds is 5. The highest BCUT2D eigenvalue weighted by Gasteiger charge is 2.26. The Morgan fingerprint density at radius 2 is 1.77 bits per heavy atom. The summed E-state index contributed by atoms with van der Waals surface area (Å²) in [4.78, 5) is 40.1. The summed E-state index contributed by atoms with van der Waals surface area (Å²) in [6.45, 7) is 3.29. The van der Waals surface area contributed by atoms with E-state index < -0.39 is 11.7 Å². The van der Waals surface area contributed by atoms with Crippen LogP contribution in [0.2, 0.25) is 0 Å². The van der Waals surface area contributed by atoms with Gasteiger partial charge in [-0.25, -0.2) is 9.49 Å². The smallest absolute Gasteiger partial charge is 0.313 e. The molecule has 0 atom stereocenters. The van der Waals surface area contributed by atoms with Crippen molar-refractivity contribution in [2.24, 2.45) is 0 Å².